The van der Waals surface area contributed by atoms with Crippen molar-refractivity contribution in [3.63, 3.8) is 0 Å². The fraction of sp³-hybridized carbons (Fsp3) is 0.538. The maximum Gasteiger partial charge on any atom is 0.229 e. The van der Waals surface area contributed by atoms with Crippen molar-refractivity contribution in [3.8, 4) is 11.5 Å². The Labute approximate surface area is 194 Å². The summed E-state index contributed by atoms with van der Waals surface area (Å²) < 4.78 is 36.4. The van der Waals surface area contributed by atoms with Crippen LogP contribution in [0.5, 0.6) is 11.5 Å². The number of benzene rings is 2. The molecule has 5 rings (SSSR count). The predicted octanol–water partition coefficient (Wildman–Crippen LogP) is 3.82. The lowest BCUT2D eigenvalue weighted by Gasteiger charge is -2.52. The van der Waals surface area contributed by atoms with Gasteiger partial charge in [-0.1, -0.05) is 36.8 Å². The Morgan fingerprint density at radius 3 is 2.42 bits per heavy atom. The molecular formula is C26H32O7. The molecule has 1 N–H and O–H groups in total. The summed E-state index contributed by atoms with van der Waals surface area (Å²) in [5, 5.41) is 11.4. The number of fused-ring (bicyclic) bond motifs is 1. The van der Waals surface area contributed by atoms with Gasteiger partial charge in [0, 0.05) is 12.8 Å². The highest BCUT2D eigenvalue weighted by molar-refractivity contribution is 5.31. The molecule has 7 nitrogen and oxygen atoms in total. The Morgan fingerprint density at radius 2 is 1.70 bits per heavy atom. The molecule has 0 aromatic heterocycles. The maximum absolute atomic E-state index is 11.4. The summed E-state index contributed by atoms with van der Waals surface area (Å²) >= 11 is 0. The minimum atomic E-state index is -0.918. The largest absolute Gasteiger partial charge is 0.497 e. The highest BCUT2D eigenvalue weighted by atomic mass is 16.8. The number of ether oxygens (including phenoxy) is 6. The van der Waals surface area contributed by atoms with Gasteiger partial charge >= 0.3 is 0 Å². The zero-order valence-corrected chi connectivity index (χ0v) is 18.9. The van der Waals surface area contributed by atoms with E-state index in [-0.39, 0.29) is 0 Å². The minimum Gasteiger partial charge on any atom is -0.497 e. The quantitative estimate of drug-likeness (QED) is 0.708. The molecule has 7 heteroatoms. The first-order valence-corrected chi connectivity index (χ1v) is 11.8. The van der Waals surface area contributed by atoms with E-state index < -0.39 is 36.5 Å². The lowest BCUT2D eigenvalue weighted by Crippen LogP contribution is -2.66. The van der Waals surface area contributed by atoms with Crippen molar-refractivity contribution in [1.82, 2.24) is 0 Å². The van der Waals surface area contributed by atoms with Gasteiger partial charge < -0.3 is 33.5 Å². The van der Waals surface area contributed by atoms with Crippen molar-refractivity contribution in [1.29, 1.82) is 0 Å². The average Bonchev–Trinajstić information content (AvgIpc) is 2.86. The monoisotopic (exact) mass is 456 g/mol. The number of rotatable bonds is 6. The Balaban J connectivity index is 1.34. The number of aliphatic hydroxyl groups is 1. The summed E-state index contributed by atoms with van der Waals surface area (Å²) in [4.78, 5) is 0. The zero-order chi connectivity index (χ0) is 22.7. The summed E-state index contributed by atoms with van der Waals surface area (Å²) in [7, 11) is 1.62. The minimum absolute atomic E-state index is 0.327. The van der Waals surface area contributed by atoms with E-state index in [2.05, 4.69) is 0 Å². The van der Waals surface area contributed by atoms with Crippen LogP contribution in [0.3, 0.4) is 0 Å². The number of methoxy groups -OCH3 is 1. The van der Waals surface area contributed by atoms with Crippen LogP contribution in [0, 0.1) is 0 Å². The van der Waals surface area contributed by atoms with Crippen molar-refractivity contribution in [3.05, 3.63) is 60.2 Å². The van der Waals surface area contributed by atoms with Crippen LogP contribution in [0.1, 0.15) is 37.7 Å². The number of aliphatic hydroxyl groups excluding tert-OH is 1. The molecule has 3 fully saturated rings. The van der Waals surface area contributed by atoms with Gasteiger partial charge in [0.25, 0.3) is 0 Å². The molecule has 0 amide bonds. The third-order valence-electron chi connectivity index (χ3n) is 6.69. The molecule has 2 aromatic rings. The normalized spacial score (nSPS) is 31.0. The Kier molecular flexibility index (Phi) is 6.85. The lowest BCUT2D eigenvalue weighted by molar-refractivity contribution is -0.392. The molecule has 1 aliphatic carbocycles. The molecule has 2 saturated heterocycles. The fourth-order valence-corrected chi connectivity index (χ4v) is 4.87. The second-order valence-corrected chi connectivity index (χ2v) is 8.95. The molecule has 178 valence electrons. The summed E-state index contributed by atoms with van der Waals surface area (Å²) in [6.07, 6.45) is 1.55. The molecular weight excluding hydrogens is 424 g/mol. The van der Waals surface area contributed by atoms with Gasteiger partial charge in [-0.15, -0.1) is 0 Å². The van der Waals surface area contributed by atoms with Gasteiger partial charge in [-0.2, -0.15) is 0 Å². The van der Waals surface area contributed by atoms with Gasteiger partial charge in [-0.3, -0.25) is 0 Å². The highest BCUT2D eigenvalue weighted by Gasteiger charge is 2.54. The molecule has 33 heavy (non-hydrogen) atoms. The topological polar surface area (TPSA) is 75.6 Å². The Hall–Kier alpha value is -2.16. The molecule has 2 aromatic carbocycles. The molecule has 0 bridgehead atoms. The van der Waals surface area contributed by atoms with Gasteiger partial charge in [0.2, 0.25) is 6.29 Å². The van der Waals surface area contributed by atoms with Crippen molar-refractivity contribution in [2.24, 2.45) is 0 Å². The molecule has 3 aliphatic rings. The molecule has 1 spiro atoms. The first kappa shape index (κ1) is 22.6. The maximum atomic E-state index is 11.4. The number of hydrogen-bond acceptors (Lipinski definition) is 7. The van der Waals surface area contributed by atoms with Gasteiger partial charge in [0.15, 0.2) is 5.79 Å². The van der Waals surface area contributed by atoms with E-state index in [1.807, 2.05) is 42.5 Å². The van der Waals surface area contributed by atoms with E-state index >= 15 is 0 Å². The van der Waals surface area contributed by atoms with Crippen LogP contribution in [0.2, 0.25) is 0 Å². The van der Waals surface area contributed by atoms with Crippen LogP contribution >= 0.6 is 0 Å². The second-order valence-electron chi connectivity index (χ2n) is 8.95. The van der Waals surface area contributed by atoms with Crippen molar-refractivity contribution in [2.75, 3.05) is 13.7 Å². The highest BCUT2D eigenvalue weighted by Crippen LogP contribution is 2.41. The zero-order valence-electron chi connectivity index (χ0n) is 18.9. The van der Waals surface area contributed by atoms with E-state index in [4.69, 9.17) is 28.4 Å². The third-order valence-corrected chi connectivity index (χ3v) is 6.69. The van der Waals surface area contributed by atoms with Crippen molar-refractivity contribution < 1.29 is 33.5 Å². The lowest BCUT2D eigenvalue weighted by atomic mass is 9.90. The molecule has 5 atom stereocenters. The van der Waals surface area contributed by atoms with Gasteiger partial charge in [-0.05, 0) is 42.7 Å². The SMILES string of the molecule is COc1ccc(O[C@@H]2O[C@@H]3COC4(CCCCC4)O[C@H]3[C@H](O)[C@H]2OCc2ccccc2)cc1. The molecule has 2 heterocycles. The van der Waals surface area contributed by atoms with E-state index in [9.17, 15) is 5.11 Å². The van der Waals surface area contributed by atoms with Gasteiger partial charge in [-0.25, -0.2) is 0 Å². The van der Waals surface area contributed by atoms with E-state index in [0.717, 1.165) is 37.0 Å². The summed E-state index contributed by atoms with van der Waals surface area (Å²) in [6.45, 7) is 0.684. The van der Waals surface area contributed by atoms with Crippen LogP contribution in [0.25, 0.3) is 0 Å². The van der Waals surface area contributed by atoms with Gasteiger partial charge in [0.1, 0.15) is 35.9 Å². The van der Waals surface area contributed by atoms with E-state index in [1.54, 1.807) is 19.2 Å². The standard InChI is InChI=1S/C26H32O7/c1-28-19-10-12-20(13-11-19)31-25-24(29-16-18-8-4-2-5-9-18)22(27)23-21(32-25)17-30-26(33-23)14-6-3-7-15-26/h2,4-5,8-13,21-25,27H,3,6-7,14-17H2,1H3/t21-,22+,23-,24-,25-/m1/s1. The van der Waals surface area contributed by atoms with Crippen LogP contribution in [0.15, 0.2) is 54.6 Å². The average molecular weight is 457 g/mol. The van der Waals surface area contributed by atoms with E-state index in [1.165, 1.54) is 6.42 Å². The fourth-order valence-electron chi connectivity index (χ4n) is 4.87. The second kappa shape index (κ2) is 9.99. The smallest absolute Gasteiger partial charge is 0.229 e. The predicted molar refractivity (Wildman–Crippen MR) is 120 cm³/mol. The number of hydrogen-bond donors (Lipinski definition) is 1. The molecule has 0 unspecified atom stereocenters. The first-order chi connectivity index (χ1) is 16.2. The summed E-state index contributed by atoms with van der Waals surface area (Å²) in [5.41, 5.74) is 1.01. The summed E-state index contributed by atoms with van der Waals surface area (Å²) in [5.74, 6) is 0.703. The van der Waals surface area contributed by atoms with Crippen LogP contribution in [-0.2, 0) is 25.6 Å². The van der Waals surface area contributed by atoms with Crippen molar-refractivity contribution in [2.45, 2.75) is 75.2 Å². The van der Waals surface area contributed by atoms with Crippen LogP contribution < -0.4 is 9.47 Å². The van der Waals surface area contributed by atoms with E-state index in [0.29, 0.717) is 19.0 Å². The summed E-state index contributed by atoms with van der Waals surface area (Å²) in [6, 6.07) is 17.1. The van der Waals surface area contributed by atoms with Crippen LogP contribution in [0.4, 0.5) is 0 Å². The molecule has 0 radical (unpaired) electrons. The molecule has 1 saturated carbocycles. The van der Waals surface area contributed by atoms with Gasteiger partial charge in [0.05, 0.1) is 20.3 Å². The van der Waals surface area contributed by atoms with Crippen LogP contribution in [-0.4, -0.2) is 55.3 Å². The first-order valence-electron chi connectivity index (χ1n) is 11.8. The van der Waals surface area contributed by atoms with Crippen molar-refractivity contribution >= 4 is 0 Å². The third kappa shape index (κ3) is 5.03. The molecule has 2 aliphatic heterocycles. The Morgan fingerprint density at radius 1 is 0.970 bits per heavy atom. The Bertz CT molecular complexity index is 881.